The van der Waals surface area contributed by atoms with Gasteiger partial charge in [-0.3, -0.25) is 10.1 Å². The van der Waals surface area contributed by atoms with E-state index in [1.807, 2.05) is 44.2 Å². The second kappa shape index (κ2) is 13.5. The van der Waals surface area contributed by atoms with E-state index in [1.54, 1.807) is 18.2 Å². The first-order valence-electron chi connectivity index (χ1n) is 15.4. The van der Waals surface area contributed by atoms with Crippen LogP contribution in [-0.2, 0) is 22.1 Å². The Balaban J connectivity index is 1.56. The van der Waals surface area contributed by atoms with E-state index in [1.165, 1.54) is 12.1 Å². The highest BCUT2D eigenvalue weighted by atomic mass is 19.4. The molecule has 2 fully saturated rings. The number of piperidine rings is 1. The molecule has 5 rings (SSSR count). The maximum Gasteiger partial charge on any atom is 0.417 e. The largest absolute Gasteiger partial charge is 0.447 e. The number of nitrogens with zero attached hydrogens (tertiary/aromatic N) is 1. The van der Waals surface area contributed by atoms with Crippen LogP contribution in [0.15, 0.2) is 72.8 Å². The normalized spacial score (nSPS) is 21.4. The van der Waals surface area contributed by atoms with Crippen molar-refractivity contribution in [1.29, 1.82) is 0 Å². The molecule has 5 nitrogen and oxygen atoms in total. The van der Waals surface area contributed by atoms with Crippen molar-refractivity contribution in [3.63, 3.8) is 0 Å². The number of alkyl halides is 6. The molecular formula is C35H36F6N2O3. The Morgan fingerprint density at radius 3 is 2.26 bits per heavy atom. The molecule has 2 saturated heterocycles. The molecule has 3 aromatic rings. The summed E-state index contributed by atoms with van der Waals surface area (Å²) in [6, 6.07) is 16.0. The quantitative estimate of drug-likeness (QED) is 0.249. The van der Waals surface area contributed by atoms with Gasteiger partial charge in [0, 0.05) is 6.04 Å². The second-order valence-electron chi connectivity index (χ2n) is 12.5. The van der Waals surface area contributed by atoms with E-state index in [4.69, 9.17) is 4.74 Å². The van der Waals surface area contributed by atoms with Crippen LogP contribution in [0, 0.1) is 5.92 Å². The maximum absolute atomic E-state index is 14.3. The summed E-state index contributed by atoms with van der Waals surface area (Å²) in [5, 5.41) is 2.71. The van der Waals surface area contributed by atoms with E-state index in [2.05, 4.69) is 5.32 Å². The number of hydrogen-bond acceptors (Lipinski definition) is 4. The fourth-order valence-electron chi connectivity index (χ4n) is 6.34. The van der Waals surface area contributed by atoms with Crippen molar-refractivity contribution in [2.24, 2.45) is 5.92 Å². The minimum atomic E-state index is -4.54. The number of benzene rings is 3. The third-order valence-electron chi connectivity index (χ3n) is 8.63. The molecule has 2 heterocycles. The number of cyclic esters (lactones) is 1. The van der Waals surface area contributed by atoms with E-state index in [-0.39, 0.29) is 18.9 Å². The van der Waals surface area contributed by atoms with Gasteiger partial charge in [-0.15, -0.1) is 0 Å². The van der Waals surface area contributed by atoms with Gasteiger partial charge in [-0.2, -0.15) is 26.3 Å². The van der Waals surface area contributed by atoms with Gasteiger partial charge >= 0.3 is 18.4 Å². The zero-order valence-corrected chi connectivity index (χ0v) is 25.5. The highest BCUT2D eigenvalue weighted by Crippen LogP contribution is 2.39. The van der Waals surface area contributed by atoms with Crippen molar-refractivity contribution in [2.45, 2.75) is 82.3 Å². The lowest BCUT2D eigenvalue weighted by molar-refractivity contribution is -0.163. The molecule has 1 N–H and O–H groups in total. The van der Waals surface area contributed by atoms with Crippen LogP contribution in [0.25, 0.3) is 11.1 Å². The molecule has 4 atom stereocenters. The first-order valence-corrected chi connectivity index (χ1v) is 15.4. The smallest absolute Gasteiger partial charge is 0.417 e. The lowest BCUT2D eigenvalue weighted by Gasteiger charge is -2.33. The number of halogens is 6. The Morgan fingerprint density at radius 2 is 1.63 bits per heavy atom. The summed E-state index contributed by atoms with van der Waals surface area (Å²) in [6.07, 6.45) is -8.40. The lowest BCUT2D eigenvalue weighted by Crippen LogP contribution is -2.46. The van der Waals surface area contributed by atoms with Crippen molar-refractivity contribution in [1.82, 2.24) is 10.2 Å². The van der Waals surface area contributed by atoms with Crippen LogP contribution in [0.5, 0.6) is 0 Å². The maximum atomic E-state index is 14.3. The van der Waals surface area contributed by atoms with Crippen LogP contribution in [-0.4, -0.2) is 41.8 Å². The molecule has 0 radical (unpaired) electrons. The molecule has 0 bridgehead atoms. The first kappa shape index (κ1) is 33.5. The number of amides is 2. The van der Waals surface area contributed by atoms with Crippen molar-refractivity contribution in [3.8, 4) is 11.1 Å². The van der Waals surface area contributed by atoms with Crippen LogP contribution in [0.1, 0.15) is 73.7 Å². The fourth-order valence-corrected chi connectivity index (χ4v) is 6.34. The monoisotopic (exact) mass is 646 g/mol. The molecule has 0 aromatic heterocycles. The van der Waals surface area contributed by atoms with Crippen LogP contribution < -0.4 is 5.32 Å². The van der Waals surface area contributed by atoms with Crippen molar-refractivity contribution >= 4 is 12.0 Å². The molecule has 0 unspecified atom stereocenters. The predicted molar refractivity (Wildman–Crippen MR) is 161 cm³/mol. The molecule has 2 aliphatic heterocycles. The summed E-state index contributed by atoms with van der Waals surface area (Å²) in [6.45, 7) is 3.86. The number of carbonyl (C=O) groups is 2. The second-order valence-corrected chi connectivity index (χ2v) is 12.5. The van der Waals surface area contributed by atoms with Gasteiger partial charge in [0.25, 0.3) is 0 Å². The van der Waals surface area contributed by atoms with E-state index >= 15 is 0 Å². The van der Waals surface area contributed by atoms with E-state index in [9.17, 15) is 35.9 Å². The summed E-state index contributed by atoms with van der Waals surface area (Å²) in [5.74, 6) is -1.36. The first-order chi connectivity index (χ1) is 21.7. The van der Waals surface area contributed by atoms with Gasteiger partial charge in [-0.25, -0.2) is 9.69 Å². The number of nitrogens with one attached hydrogen (secondary N) is 1. The summed E-state index contributed by atoms with van der Waals surface area (Å²) in [7, 11) is 0. The Hall–Kier alpha value is -3.86. The number of hydrogen-bond donors (Lipinski definition) is 1. The van der Waals surface area contributed by atoms with Gasteiger partial charge in [0.2, 0.25) is 5.91 Å². The standard InChI is InChI=1S/C35H36F6N2O3/c1-21(2)15-29(32(44)43-28(20-46-33(43)45)16-22-7-4-3-5-8-22)25-17-24(23-11-13-27(14-12-23)34(36,37)38)18-26(19-25)30-9-6-10-31(42-30)35(39,40)41/h3-5,7-8,11-14,17-19,21,28-31,42H,6,9-10,15-16,20H2,1-2H3/t28-,29-,30+,31-/m1/s1. The molecular weight excluding hydrogens is 610 g/mol. The van der Waals surface area contributed by atoms with Crippen molar-refractivity contribution < 1.29 is 40.7 Å². The van der Waals surface area contributed by atoms with Crippen LogP contribution >= 0.6 is 0 Å². The Morgan fingerprint density at radius 1 is 0.935 bits per heavy atom. The number of rotatable bonds is 8. The summed E-state index contributed by atoms with van der Waals surface area (Å²) < 4.78 is 86.4. The Kier molecular flexibility index (Phi) is 9.81. The van der Waals surface area contributed by atoms with Crippen molar-refractivity contribution in [2.75, 3.05) is 6.61 Å². The fraction of sp³-hybridized carbons (Fsp3) is 0.429. The molecule has 246 valence electrons. The van der Waals surface area contributed by atoms with Crippen LogP contribution in [0.4, 0.5) is 31.1 Å². The molecule has 46 heavy (non-hydrogen) atoms. The van der Waals surface area contributed by atoms with Gasteiger partial charge in [0.15, 0.2) is 0 Å². The number of carbonyl (C=O) groups excluding carboxylic acids is 2. The SMILES string of the molecule is CC(C)C[C@@H](C(=O)N1C(=O)OC[C@H]1Cc1ccccc1)c1cc(-c2ccc(C(F)(F)F)cc2)cc([C@@H]2CCC[C@H](C(F)(F)F)N2)c1. The molecule has 0 spiro atoms. The third-order valence-corrected chi connectivity index (χ3v) is 8.63. The topological polar surface area (TPSA) is 58.6 Å². The summed E-state index contributed by atoms with van der Waals surface area (Å²) >= 11 is 0. The predicted octanol–water partition coefficient (Wildman–Crippen LogP) is 8.84. The van der Waals surface area contributed by atoms with Crippen molar-refractivity contribution in [3.05, 3.63) is 95.1 Å². The van der Waals surface area contributed by atoms with Gasteiger partial charge in [0.1, 0.15) is 12.6 Å². The Labute approximate surface area is 263 Å². The van der Waals surface area contributed by atoms with Crippen LogP contribution in [0.2, 0.25) is 0 Å². The highest BCUT2D eigenvalue weighted by molar-refractivity contribution is 5.97. The van der Waals surface area contributed by atoms with E-state index < -0.39 is 54.0 Å². The summed E-state index contributed by atoms with van der Waals surface area (Å²) in [5.41, 5.74) is 1.92. The Bertz CT molecular complexity index is 1520. The van der Waals surface area contributed by atoms with Gasteiger partial charge in [0.05, 0.1) is 17.5 Å². The van der Waals surface area contributed by atoms with Gasteiger partial charge < -0.3 is 4.74 Å². The number of ether oxygens (including phenoxy) is 1. The lowest BCUT2D eigenvalue weighted by atomic mass is 9.83. The van der Waals surface area contributed by atoms with E-state index in [0.717, 1.165) is 22.6 Å². The average molecular weight is 647 g/mol. The molecule has 2 amide bonds. The zero-order chi connectivity index (χ0) is 33.2. The minimum Gasteiger partial charge on any atom is -0.447 e. The molecule has 2 aliphatic rings. The molecule has 0 saturated carbocycles. The van der Waals surface area contributed by atoms with Gasteiger partial charge in [-0.05, 0) is 84.0 Å². The third kappa shape index (κ3) is 7.74. The van der Waals surface area contributed by atoms with E-state index in [0.29, 0.717) is 47.9 Å². The minimum absolute atomic E-state index is 0.0132. The number of imide groups is 1. The van der Waals surface area contributed by atoms with Gasteiger partial charge in [-0.1, -0.05) is 68.4 Å². The molecule has 11 heteroatoms. The van der Waals surface area contributed by atoms with Crippen LogP contribution in [0.3, 0.4) is 0 Å². The zero-order valence-electron chi connectivity index (χ0n) is 25.5. The molecule has 3 aromatic carbocycles. The highest BCUT2D eigenvalue weighted by Gasteiger charge is 2.44. The summed E-state index contributed by atoms with van der Waals surface area (Å²) in [4.78, 5) is 28.4. The molecule has 0 aliphatic carbocycles. The average Bonchev–Trinajstić information content (AvgIpc) is 3.38.